The summed E-state index contributed by atoms with van der Waals surface area (Å²) in [6.45, 7) is 3.46. The predicted molar refractivity (Wildman–Crippen MR) is 75.5 cm³/mol. The number of likely N-dealkylation sites (N-methyl/N-ethyl adjacent to an activating group) is 1. The minimum absolute atomic E-state index is 0.396. The molecule has 0 amide bonds. The summed E-state index contributed by atoms with van der Waals surface area (Å²) in [5.74, 6) is 0. The lowest BCUT2D eigenvalue weighted by Gasteiger charge is -2.36. The van der Waals surface area contributed by atoms with E-state index in [1.54, 1.807) is 11.5 Å². The van der Waals surface area contributed by atoms with E-state index in [2.05, 4.69) is 32.8 Å². The molecule has 3 rings (SSSR count). The van der Waals surface area contributed by atoms with Gasteiger partial charge in [-0.2, -0.15) is 4.37 Å². The van der Waals surface area contributed by atoms with Gasteiger partial charge in [0.1, 0.15) is 5.00 Å². The van der Waals surface area contributed by atoms with Crippen LogP contribution in [0.3, 0.4) is 0 Å². The third-order valence-corrected chi connectivity index (χ3v) is 4.21. The molecule has 0 radical (unpaired) electrons. The highest BCUT2D eigenvalue weighted by Gasteiger charge is 2.25. The van der Waals surface area contributed by atoms with Crippen LogP contribution in [0.1, 0.15) is 0 Å². The quantitative estimate of drug-likeness (QED) is 0.915. The molecule has 1 aromatic carbocycles. The maximum absolute atomic E-state index is 5.58. The number of fused-ring (bicyclic) bond motifs is 1. The number of hydrogen-bond donors (Lipinski definition) is 1. The SMILES string of the molecule is CNCC1COCCN1c1snc2ccccc12. The van der Waals surface area contributed by atoms with Crippen LogP contribution in [-0.2, 0) is 4.74 Å². The first-order valence-corrected chi connectivity index (χ1v) is 7.01. The molecule has 1 atom stereocenters. The van der Waals surface area contributed by atoms with Crippen LogP contribution < -0.4 is 10.2 Å². The van der Waals surface area contributed by atoms with Crippen molar-refractivity contribution in [3.8, 4) is 0 Å². The molecule has 1 N–H and O–H groups in total. The normalized spacial score (nSPS) is 20.5. The van der Waals surface area contributed by atoms with E-state index < -0.39 is 0 Å². The molecule has 1 unspecified atom stereocenters. The van der Waals surface area contributed by atoms with E-state index in [9.17, 15) is 0 Å². The van der Waals surface area contributed by atoms with Gasteiger partial charge in [-0.25, -0.2) is 0 Å². The van der Waals surface area contributed by atoms with Crippen LogP contribution in [0.25, 0.3) is 10.9 Å². The number of hydrogen-bond acceptors (Lipinski definition) is 5. The highest BCUT2D eigenvalue weighted by Crippen LogP contribution is 2.33. The van der Waals surface area contributed by atoms with Gasteiger partial charge in [0.05, 0.1) is 24.8 Å². The van der Waals surface area contributed by atoms with E-state index in [-0.39, 0.29) is 0 Å². The van der Waals surface area contributed by atoms with Crippen LogP contribution in [0, 0.1) is 0 Å². The predicted octanol–water partition coefficient (Wildman–Crippen LogP) is 1.72. The van der Waals surface area contributed by atoms with Crippen LogP contribution in [-0.4, -0.2) is 43.8 Å². The first kappa shape index (κ1) is 11.9. The van der Waals surface area contributed by atoms with E-state index in [0.29, 0.717) is 6.04 Å². The van der Waals surface area contributed by atoms with Gasteiger partial charge in [-0.05, 0) is 30.7 Å². The summed E-state index contributed by atoms with van der Waals surface area (Å²) >= 11 is 1.59. The molecule has 1 saturated heterocycles. The van der Waals surface area contributed by atoms with Gasteiger partial charge in [-0.1, -0.05) is 12.1 Å². The Morgan fingerprint density at radius 2 is 2.39 bits per heavy atom. The molecule has 0 bridgehead atoms. The zero-order valence-electron chi connectivity index (χ0n) is 10.4. The molecule has 1 fully saturated rings. The Bertz CT molecular complexity index is 526. The molecule has 1 aliphatic rings. The van der Waals surface area contributed by atoms with Gasteiger partial charge in [0.25, 0.3) is 0 Å². The summed E-state index contributed by atoms with van der Waals surface area (Å²) in [7, 11) is 1.98. The molecule has 0 aliphatic carbocycles. The number of rotatable bonds is 3. The fourth-order valence-corrected chi connectivity index (χ4v) is 3.37. The monoisotopic (exact) mass is 263 g/mol. The molecule has 2 heterocycles. The Morgan fingerprint density at radius 3 is 3.28 bits per heavy atom. The van der Waals surface area contributed by atoms with Crippen LogP contribution in [0.5, 0.6) is 0 Å². The molecular weight excluding hydrogens is 246 g/mol. The molecule has 5 heteroatoms. The molecule has 18 heavy (non-hydrogen) atoms. The van der Waals surface area contributed by atoms with Gasteiger partial charge in [0.2, 0.25) is 0 Å². The molecule has 0 saturated carbocycles. The fraction of sp³-hybridized carbons (Fsp3) is 0.462. The summed E-state index contributed by atoms with van der Waals surface area (Å²) in [6.07, 6.45) is 0. The summed E-state index contributed by atoms with van der Waals surface area (Å²) in [5.41, 5.74) is 1.09. The molecular formula is C13H17N3OS. The van der Waals surface area contributed by atoms with Gasteiger partial charge in [0, 0.05) is 18.5 Å². The Labute approximate surface area is 111 Å². The standard InChI is InChI=1S/C13H17N3OS/c1-14-8-10-9-17-7-6-16(10)13-11-4-2-3-5-12(11)15-18-13/h2-5,10,14H,6-9H2,1H3. The first-order chi connectivity index (χ1) is 8.90. The highest BCUT2D eigenvalue weighted by molar-refractivity contribution is 7.11. The zero-order chi connectivity index (χ0) is 12.4. The van der Waals surface area contributed by atoms with Crippen molar-refractivity contribution in [3.63, 3.8) is 0 Å². The van der Waals surface area contributed by atoms with Crippen molar-refractivity contribution < 1.29 is 4.74 Å². The van der Waals surface area contributed by atoms with E-state index in [4.69, 9.17) is 4.74 Å². The van der Waals surface area contributed by atoms with Gasteiger partial charge < -0.3 is 15.0 Å². The van der Waals surface area contributed by atoms with Crippen molar-refractivity contribution in [2.45, 2.75) is 6.04 Å². The van der Waals surface area contributed by atoms with Crippen molar-refractivity contribution >= 4 is 27.4 Å². The molecule has 96 valence electrons. The number of benzene rings is 1. The number of nitrogens with zero attached hydrogens (tertiary/aromatic N) is 2. The average molecular weight is 263 g/mol. The Balaban J connectivity index is 1.96. The summed E-state index contributed by atoms with van der Waals surface area (Å²) in [6, 6.07) is 8.74. The van der Waals surface area contributed by atoms with Crippen LogP contribution >= 0.6 is 11.5 Å². The second-order valence-corrected chi connectivity index (χ2v) is 5.24. The van der Waals surface area contributed by atoms with Gasteiger partial charge in [-0.15, -0.1) is 0 Å². The molecule has 2 aromatic rings. The van der Waals surface area contributed by atoms with Crippen molar-refractivity contribution in [1.29, 1.82) is 0 Å². The molecule has 1 aromatic heterocycles. The molecule has 4 nitrogen and oxygen atoms in total. The van der Waals surface area contributed by atoms with Crippen LogP contribution in [0.15, 0.2) is 24.3 Å². The van der Waals surface area contributed by atoms with E-state index in [1.165, 1.54) is 10.4 Å². The minimum atomic E-state index is 0.396. The van der Waals surface area contributed by atoms with Crippen LogP contribution in [0.2, 0.25) is 0 Å². The second kappa shape index (κ2) is 5.22. The average Bonchev–Trinajstić information content (AvgIpc) is 2.84. The van der Waals surface area contributed by atoms with E-state index in [1.807, 2.05) is 13.1 Å². The number of anilines is 1. The van der Waals surface area contributed by atoms with Gasteiger partial charge in [0.15, 0.2) is 0 Å². The van der Waals surface area contributed by atoms with Gasteiger partial charge >= 0.3 is 0 Å². The number of nitrogens with one attached hydrogen (secondary N) is 1. The van der Waals surface area contributed by atoms with E-state index >= 15 is 0 Å². The van der Waals surface area contributed by atoms with Crippen LogP contribution in [0.4, 0.5) is 5.00 Å². The van der Waals surface area contributed by atoms with Crippen molar-refractivity contribution in [3.05, 3.63) is 24.3 Å². The second-order valence-electron chi connectivity index (χ2n) is 4.48. The maximum Gasteiger partial charge on any atom is 0.120 e. The first-order valence-electron chi connectivity index (χ1n) is 6.23. The molecule has 0 spiro atoms. The third kappa shape index (κ3) is 2.09. The summed E-state index contributed by atoms with van der Waals surface area (Å²) < 4.78 is 10.1. The number of morpholine rings is 1. The lowest BCUT2D eigenvalue weighted by atomic mass is 10.2. The van der Waals surface area contributed by atoms with Crippen molar-refractivity contribution in [2.24, 2.45) is 0 Å². The highest BCUT2D eigenvalue weighted by atomic mass is 32.1. The summed E-state index contributed by atoms with van der Waals surface area (Å²) in [5, 5.41) is 5.77. The lowest BCUT2D eigenvalue weighted by Crippen LogP contribution is -2.49. The topological polar surface area (TPSA) is 37.4 Å². The maximum atomic E-state index is 5.58. The Hall–Kier alpha value is -1.17. The van der Waals surface area contributed by atoms with E-state index in [0.717, 1.165) is 31.8 Å². The van der Waals surface area contributed by atoms with Crippen molar-refractivity contribution in [1.82, 2.24) is 9.69 Å². The smallest absolute Gasteiger partial charge is 0.120 e. The largest absolute Gasteiger partial charge is 0.377 e. The fourth-order valence-electron chi connectivity index (χ4n) is 2.41. The molecule has 1 aliphatic heterocycles. The summed E-state index contributed by atoms with van der Waals surface area (Å²) in [4.78, 5) is 2.43. The van der Waals surface area contributed by atoms with Crippen molar-refractivity contribution in [2.75, 3.05) is 38.3 Å². The Kier molecular flexibility index (Phi) is 3.45. The zero-order valence-corrected chi connectivity index (χ0v) is 11.2. The lowest BCUT2D eigenvalue weighted by molar-refractivity contribution is 0.0948. The Morgan fingerprint density at radius 1 is 1.50 bits per heavy atom. The third-order valence-electron chi connectivity index (χ3n) is 3.29. The minimum Gasteiger partial charge on any atom is -0.377 e. The number of aromatic nitrogens is 1. The van der Waals surface area contributed by atoms with Gasteiger partial charge in [-0.3, -0.25) is 0 Å². The number of ether oxygens (including phenoxy) is 1.